The molecule has 1 atom stereocenters. The lowest BCUT2D eigenvalue weighted by Crippen LogP contribution is -2.41. The molecule has 0 fully saturated rings. The van der Waals surface area contributed by atoms with E-state index in [1.807, 2.05) is 37.8 Å². The zero-order valence-corrected chi connectivity index (χ0v) is 20.2. The van der Waals surface area contributed by atoms with Gasteiger partial charge in [0, 0.05) is 31.5 Å². The second-order valence-corrected chi connectivity index (χ2v) is 7.18. The van der Waals surface area contributed by atoms with Gasteiger partial charge in [0.2, 0.25) is 0 Å². The first-order valence-corrected chi connectivity index (χ1v) is 9.99. The Labute approximate surface area is 186 Å². The van der Waals surface area contributed by atoms with Gasteiger partial charge in [-0.2, -0.15) is 5.10 Å². The maximum absolute atomic E-state index is 4.55. The molecule has 2 rings (SSSR count). The number of nitrogens with zero attached hydrogens (tertiary/aromatic N) is 4. The van der Waals surface area contributed by atoms with Crippen LogP contribution in [0.1, 0.15) is 62.9 Å². The van der Waals surface area contributed by atoms with Gasteiger partial charge in [0.15, 0.2) is 11.8 Å². The third-order valence-corrected chi connectivity index (χ3v) is 4.59. The highest BCUT2D eigenvalue weighted by Crippen LogP contribution is 2.10. The summed E-state index contributed by atoms with van der Waals surface area (Å²) < 4.78 is 1.87. The minimum absolute atomic E-state index is 0. The number of guanidine groups is 1. The summed E-state index contributed by atoms with van der Waals surface area (Å²) in [5.41, 5.74) is 3.20. The summed E-state index contributed by atoms with van der Waals surface area (Å²) >= 11 is 0. The molecule has 0 spiro atoms. The highest BCUT2D eigenvalue weighted by Gasteiger charge is 2.07. The van der Waals surface area contributed by atoms with Gasteiger partial charge >= 0.3 is 0 Å². The molecule has 0 aromatic carbocycles. The zero-order chi connectivity index (χ0) is 19.6. The molecule has 0 aliphatic rings. The van der Waals surface area contributed by atoms with Crippen molar-refractivity contribution in [3.8, 4) is 5.82 Å². The second kappa shape index (κ2) is 12.7. The van der Waals surface area contributed by atoms with Gasteiger partial charge in [-0.15, -0.1) is 24.0 Å². The molecule has 0 radical (unpaired) electrons. The number of rotatable bonds is 9. The highest BCUT2D eigenvalue weighted by molar-refractivity contribution is 14.0. The van der Waals surface area contributed by atoms with Gasteiger partial charge in [-0.05, 0) is 44.9 Å². The molecule has 2 aromatic heterocycles. The van der Waals surface area contributed by atoms with E-state index in [1.165, 1.54) is 32.1 Å². The molecule has 0 amide bonds. The van der Waals surface area contributed by atoms with E-state index in [0.717, 1.165) is 28.7 Å². The molecule has 1 unspecified atom stereocenters. The lowest BCUT2D eigenvalue weighted by atomic mass is 10.1. The quantitative estimate of drug-likeness (QED) is 0.231. The molecule has 28 heavy (non-hydrogen) atoms. The molecule has 0 saturated carbocycles. The van der Waals surface area contributed by atoms with Crippen molar-refractivity contribution < 1.29 is 0 Å². The van der Waals surface area contributed by atoms with Crippen molar-refractivity contribution in [3.63, 3.8) is 0 Å². The Morgan fingerprint density at radius 2 is 2.00 bits per heavy atom. The molecule has 156 valence electrons. The summed E-state index contributed by atoms with van der Waals surface area (Å²) in [7, 11) is 1.81. The summed E-state index contributed by atoms with van der Waals surface area (Å²) in [6, 6.07) is 6.55. The minimum Gasteiger partial charge on any atom is -0.354 e. The first kappa shape index (κ1) is 24.4. The Kier molecular flexibility index (Phi) is 11.1. The third kappa shape index (κ3) is 7.77. The molecule has 0 aliphatic carbocycles. The summed E-state index contributed by atoms with van der Waals surface area (Å²) in [4.78, 5) is 8.87. The van der Waals surface area contributed by atoms with E-state index in [4.69, 9.17) is 0 Å². The maximum atomic E-state index is 4.55. The number of aromatic nitrogens is 3. The van der Waals surface area contributed by atoms with Crippen LogP contribution in [0.25, 0.3) is 5.82 Å². The Balaban J connectivity index is 0.00000392. The van der Waals surface area contributed by atoms with Crippen molar-refractivity contribution in [1.29, 1.82) is 0 Å². The van der Waals surface area contributed by atoms with Crippen molar-refractivity contribution >= 4 is 29.9 Å². The average Bonchev–Trinajstić information content (AvgIpc) is 3.01. The number of hydrogen-bond acceptors (Lipinski definition) is 3. The van der Waals surface area contributed by atoms with E-state index < -0.39 is 0 Å². The summed E-state index contributed by atoms with van der Waals surface area (Å²) in [6.07, 6.45) is 8.22. The second-order valence-electron chi connectivity index (χ2n) is 7.18. The normalized spacial score (nSPS) is 12.4. The molecule has 0 saturated heterocycles. The van der Waals surface area contributed by atoms with Crippen molar-refractivity contribution in [2.24, 2.45) is 4.99 Å². The largest absolute Gasteiger partial charge is 0.354 e. The van der Waals surface area contributed by atoms with Crippen molar-refractivity contribution in [3.05, 3.63) is 41.3 Å². The molecular formula is C21H35IN6. The van der Waals surface area contributed by atoms with Crippen molar-refractivity contribution in [1.82, 2.24) is 25.4 Å². The Morgan fingerprint density at radius 1 is 1.21 bits per heavy atom. The number of aliphatic imine (C=N–C) groups is 1. The van der Waals surface area contributed by atoms with Crippen LogP contribution in [-0.4, -0.2) is 33.8 Å². The number of hydrogen-bond donors (Lipinski definition) is 2. The van der Waals surface area contributed by atoms with Gasteiger partial charge in [-0.1, -0.05) is 38.7 Å². The summed E-state index contributed by atoms with van der Waals surface area (Å²) in [6.45, 7) is 9.17. The van der Waals surface area contributed by atoms with E-state index in [2.05, 4.69) is 51.7 Å². The topological polar surface area (TPSA) is 67.1 Å². The number of aryl methyl sites for hydroxylation is 2. The van der Waals surface area contributed by atoms with Crippen molar-refractivity contribution in [2.75, 3.05) is 7.05 Å². The van der Waals surface area contributed by atoms with Crippen LogP contribution in [0.3, 0.4) is 0 Å². The van der Waals surface area contributed by atoms with Crippen LogP contribution in [-0.2, 0) is 6.54 Å². The number of halogens is 1. The van der Waals surface area contributed by atoms with Gasteiger partial charge in [0.05, 0.1) is 5.69 Å². The van der Waals surface area contributed by atoms with Crippen molar-refractivity contribution in [2.45, 2.75) is 72.4 Å². The maximum Gasteiger partial charge on any atom is 0.191 e. The number of pyridine rings is 1. The van der Waals surface area contributed by atoms with Crippen LogP contribution in [0.15, 0.2) is 29.4 Å². The Morgan fingerprint density at radius 3 is 2.57 bits per heavy atom. The van der Waals surface area contributed by atoms with Gasteiger partial charge < -0.3 is 10.6 Å². The molecule has 7 heteroatoms. The third-order valence-electron chi connectivity index (χ3n) is 4.59. The van der Waals surface area contributed by atoms with Crippen LogP contribution in [0.5, 0.6) is 0 Å². The molecule has 0 aliphatic heterocycles. The van der Waals surface area contributed by atoms with Crippen LogP contribution in [0.2, 0.25) is 0 Å². The lowest BCUT2D eigenvalue weighted by Gasteiger charge is -2.18. The minimum atomic E-state index is 0. The van der Waals surface area contributed by atoms with Gasteiger partial charge in [-0.25, -0.2) is 9.67 Å². The Bertz CT molecular complexity index is 723. The standard InChI is InChI=1S/C21H34N6.HI/c1-6-7-8-9-10-16(2)25-21(22-5)24-15-19-11-12-20(23-14-19)27-18(4)13-17(3)26-27;/h11-14,16H,6-10,15H2,1-5H3,(H2,22,24,25);1H. The van der Waals surface area contributed by atoms with Crippen LogP contribution < -0.4 is 10.6 Å². The summed E-state index contributed by atoms with van der Waals surface area (Å²) in [5, 5.41) is 11.3. The number of unbranched alkanes of at least 4 members (excludes halogenated alkanes) is 3. The fourth-order valence-electron chi connectivity index (χ4n) is 3.07. The zero-order valence-electron chi connectivity index (χ0n) is 17.8. The smallest absolute Gasteiger partial charge is 0.191 e. The highest BCUT2D eigenvalue weighted by atomic mass is 127. The first-order chi connectivity index (χ1) is 13.0. The van der Waals surface area contributed by atoms with Crippen LogP contribution in [0, 0.1) is 13.8 Å². The SMILES string of the molecule is CCCCCCC(C)NC(=NC)NCc1ccc(-n2nc(C)cc2C)nc1.I. The van der Waals surface area contributed by atoms with Crippen LogP contribution >= 0.6 is 24.0 Å². The Hall–Kier alpha value is -1.64. The molecule has 2 N–H and O–H groups in total. The molecular weight excluding hydrogens is 463 g/mol. The van der Waals surface area contributed by atoms with E-state index >= 15 is 0 Å². The molecule has 2 aromatic rings. The molecule has 0 bridgehead atoms. The predicted octanol–water partition coefficient (Wildman–Crippen LogP) is 4.53. The van der Waals surface area contributed by atoms with Gasteiger partial charge in [-0.3, -0.25) is 4.99 Å². The van der Waals surface area contributed by atoms with E-state index in [-0.39, 0.29) is 24.0 Å². The molecule has 6 nitrogen and oxygen atoms in total. The lowest BCUT2D eigenvalue weighted by molar-refractivity contribution is 0.537. The first-order valence-electron chi connectivity index (χ1n) is 9.99. The summed E-state index contributed by atoms with van der Waals surface area (Å²) in [5.74, 6) is 1.67. The monoisotopic (exact) mass is 498 g/mol. The number of nitrogens with one attached hydrogen (secondary N) is 2. The van der Waals surface area contributed by atoms with Gasteiger partial charge in [0.25, 0.3) is 0 Å². The fourth-order valence-corrected chi connectivity index (χ4v) is 3.07. The van der Waals surface area contributed by atoms with E-state index in [9.17, 15) is 0 Å². The van der Waals surface area contributed by atoms with Crippen LogP contribution in [0.4, 0.5) is 0 Å². The van der Waals surface area contributed by atoms with E-state index in [1.54, 1.807) is 0 Å². The molecule has 2 heterocycles. The predicted molar refractivity (Wildman–Crippen MR) is 128 cm³/mol. The average molecular weight is 498 g/mol. The van der Waals surface area contributed by atoms with Gasteiger partial charge in [0.1, 0.15) is 0 Å². The van der Waals surface area contributed by atoms with E-state index in [0.29, 0.717) is 12.6 Å². The fraction of sp³-hybridized carbons (Fsp3) is 0.571.